The van der Waals surface area contributed by atoms with E-state index in [1.807, 2.05) is 44.2 Å². The van der Waals surface area contributed by atoms with Crippen LogP contribution in [-0.2, 0) is 32.6 Å². The predicted molar refractivity (Wildman–Crippen MR) is 163 cm³/mol. The summed E-state index contributed by atoms with van der Waals surface area (Å²) < 4.78 is 26.7. The largest absolute Gasteiger partial charge is 0.352 e. The summed E-state index contributed by atoms with van der Waals surface area (Å²) in [6.07, 6.45) is 1.22. The van der Waals surface area contributed by atoms with Crippen LogP contribution in [0.5, 0.6) is 0 Å². The zero-order chi connectivity index (χ0) is 29.6. The third-order valence-electron chi connectivity index (χ3n) is 6.18. The van der Waals surface area contributed by atoms with Gasteiger partial charge in [0.1, 0.15) is 12.6 Å². The Labute approximate surface area is 251 Å². The molecule has 3 rings (SSSR count). The number of aryl methyl sites for hydroxylation is 1. The lowest BCUT2D eigenvalue weighted by atomic mass is 10.0. The van der Waals surface area contributed by atoms with Crippen molar-refractivity contribution in [3.05, 3.63) is 98.5 Å². The highest BCUT2D eigenvalue weighted by Crippen LogP contribution is 2.27. The van der Waals surface area contributed by atoms with Crippen molar-refractivity contribution in [1.29, 1.82) is 0 Å². The van der Waals surface area contributed by atoms with E-state index < -0.39 is 28.5 Å². The number of sulfonamides is 1. The maximum atomic E-state index is 14.1. The molecule has 1 N–H and O–H groups in total. The number of hydrogen-bond donors (Lipinski definition) is 1. The van der Waals surface area contributed by atoms with E-state index >= 15 is 0 Å². The minimum Gasteiger partial charge on any atom is -0.352 e. The number of benzene rings is 3. The highest BCUT2D eigenvalue weighted by Gasteiger charge is 2.33. The number of hydrogen-bond acceptors (Lipinski definition) is 4. The van der Waals surface area contributed by atoms with Gasteiger partial charge in [-0.05, 0) is 61.7 Å². The maximum absolute atomic E-state index is 14.1. The van der Waals surface area contributed by atoms with Crippen LogP contribution in [-0.4, -0.2) is 50.0 Å². The lowest BCUT2D eigenvalue weighted by molar-refractivity contribution is -0.140. The number of halogens is 3. The van der Waals surface area contributed by atoms with Crippen molar-refractivity contribution in [3.63, 3.8) is 0 Å². The molecule has 0 spiro atoms. The van der Waals surface area contributed by atoms with E-state index in [0.717, 1.165) is 21.7 Å². The molecule has 0 aromatic heterocycles. The van der Waals surface area contributed by atoms with E-state index in [9.17, 15) is 18.0 Å². The van der Waals surface area contributed by atoms with E-state index in [0.29, 0.717) is 20.6 Å². The first-order valence-electron chi connectivity index (χ1n) is 12.6. The lowest BCUT2D eigenvalue weighted by Gasteiger charge is -2.34. The minimum absolute atomic E-state index is 0.0515. The van der Waals surface area contributed by atoms with Crippen LogP contribution in [0.2, 0.25) is 15.1 Å². The van der Waals surface area contributed by atoms with E-state index in [2.05, 4.69) is 5.32 Å². The van der Waals surface area contributed by atoms with E-state index in [1.165, 1.54) is 11.0 Å². The fourth-order valence-electron chi connectivity index (χ4n) is 4.12. The normalized spacial score (nSPS) is 12.2. The molecule has 7 nitrogen and oxygen atoms in total. The monoisotopic (exact) mass is 623 g/mol. The summed E-state index contributed by atoms with van der Waals surface area (Å²) >= 11 is 18.8. The molecule has 2 amide bonds. The van der Waals surface area contributed by atoms with Crippen LogP contribution in [0.3, 0.4) is 0 Å². The van der Waals surface area contributed by atoms with Gasteiger partial charge < -0.3 is 10.2 Å². The van der Waals surface area contributed by atoms with Crippen LogP contribution in [0.25, 0.3) is 0 Å². The number of carbonyl (C=O) groups is 2. The van der Waals surface area contributed by atoms with Gasteiger partial charge in [0.2, 0.25) is 21.8 Å². The first-order chi connectivity index (χ1) is 18.8. The molecule has 0 aliphatic heterocycles. The molecule has 1 unspecified atom stereocenters. The Hall–Kier alpha value is -2.78. The number of rotatable bonds is 11. The van der Waals surface area contributed by atoms with Crippen LogP contribution >= 0.6 is 34.8 Å². The van der Waals surface area contributed by atoms with Gasteiger partial charge in [0.25, 0.3) is 0 Å². The van der Waals surface area contributed by atoms with Gasteiger partial charge in [0.15, 0.2) is 0 Å². The number of carbonyl (C=O) groups excluding carboxylic acids is 2. The zero-order valence-corrected chi connectivity index (χ0v) is 25.8. The van der Waals surface area contributed by atoms with Crippen molar-refractivity contribution in [3.8, 4) is 0 Å². The van der Waals surface area contributed by atoms with Crippen molar-refractivity contribution in [2.45, 2.75) is 45.8 Å². The number of anilines is 1. The van der Waals surface area contributed by atoms with Gasteiger partial charge >= 0.3 is 0 Å². The summed E-state index contributed by atoms with van der Waals surface area (Å²) in [6, 6.07) is 17.8. The third-order valence-corrected chi connectivity index (χ3v) is 8.32. The quantitative estimate of drug-likeness (QED) is 0.289. The van der Waals surface area contributed by atoms with Gasteiger partial charge in [-0.2, -0.15) is 0 Å². The fourth-order valence-corrected chi connectivity index (χ4v) is 5.60. The summed E-state index contributed by atoms with van der Waals surface area (Å²) in [5, 5.41) is 4.00. The highest BCUT2D eigenvalue weighted by molar-refractivity contribution is 7.92. The molecule has 0 radical (unpaired) electrons. The molecule has 0 aliphatic carbocycles. The summed E-state index contributed by atoms with van der Waals surface area (Å²) in [6.45, 7) is 4.84. The maximum Gasteiger partial charge on any atom is 0.244 e. The molecule has 0 aliphatic rings. The summed E-state index contributed by atoms with van der Waals surface area (Å²) in [5.41, 5.74) is 2.38. The first kappa shape index (κ1) is 31.7. The minimum atomic E-state index is -3.90. The van der Waals surface area contributed by atoms with Gasteiger partial charge in [0.05, 0.1) is 11.9 Å². The average Bonchev–Trinajstić information content (AvgIpc) is 2.87. The Balaban J connectivity index is 2.09. The van der Waals surface area contributed by atoms with E-state index in [-0.39, 0.29) is 30.6 Å². The smallest absolute Gasteiger partial charge is 0.244 e. The molecule has 40 heavy (non-hydrogen) atoms. The molecular weight excluding hydrogens is 593 g/mol. The average molecular weight is 625 g/mol. The van der Waals surface area contributed by atoms with Crippen molar-refractivity contribution >= 4 is 62.3 Å². The van der Waals surface area contributed by atoms with Crippen molar-refractivity contribution < 1.29 is 18.0 Å². The van der Waals surface area contributed by atoms with Gasteiger partial charge in [-0.25, -0.2) is 8.42 Å². The van der Waals surface area contributed by atoms with Crippen LogP contribution in [0.15, 0.2) is 66.7 Å². The molecule has 0 fully saturated rings. The van der Waals surface area contributed by atoms with Gasteiger partial charge in [0, 0.05) is 34.1 Å². The Bertz CT molecular complexity index is 1470. The fraction of sp³-hybridized carbons (Fsp3) is 0.310. The Morgan fingerprint density at radius 2 is 1.60 bits per heavy atom. The summed E-state index contributed by atoms with van der Waals surface area (Å²) in [7, 11) is -3.90. The third kappa shape index (κ3) is 8.61. The Morgan fingerprint density at radius 1 is 0.925 bits per heavy atom. The second kappa shape index (κ2) is 13.7. The first-order valence-corrected chi connectivity index (χ1v) is 15.6. The zero-order valence-electron chi connectivity index (χ0n) is 22.7. The number of amides is 2. The molecule has 0 heterocycles. The van der Waals surface area contributed by atoms with Gasteiger partial charge in [-0.15, -0.1) is 0 Å². The highest BCUT2D eigenvalue weighted by atomic mass is 35.5. The molecule has 0 saturated heterocycles. The predicted octanol–water partition coefficient (Wildman–Crippen LogP) is 5.89. The van der Waals surface area contributed by atoms with E-state index in [1.54, 1.807) is 37.3 Å². The van der Waals surface area contributed by atoms with Crippen LogP contribution < -0.4 is 9.62 Å². The standard InChI is InChI=1S/C29H32Cl3N3O4S/c1-19(2)33-29(37)27(14-21-8-6-5-7-9-21)34(17-22-11-12-23(30)15-26(22)32)28(36)18-35(40(4,38)39)24-13-10-20(3)25(31)16-24/h5-13,15-16,19,27H,14,17-18H2,1-4H3,(H,33,37). The van der Waals surface area contributed by atoms with Crippen molar-refractivity contribution in [2.75, 3.05) is 17.1 Å². The second-order valence-corrected chi connectivity index (χ2v) is 13.0. The van der Waals surface area contributed by atoms with Crippen molar-refractivity contribution in [1.82, 2.24) is 10.2 Å². The van der Waals surface area contributed by atoms with Gasteiger partial charge in [-0.3, -0.25) is 13.9 Å². The van der Waals surface area contributed by atoms with E-state index in [4.69, 9.17) is 34.8 Å². The molecule has 0 saturated carbocycles. The molecule has 1 atom stereocenters. The Morgan fingerprint density at radius 3 is 2.17 bits per heavy atom. The molecule has 11 heteroatoms. The second-order valence-electron chi connectivity index (χ2n) is 9.83. The summed E-state index contributed by atoms with van der Waals surface area (Å²) in [5.74, 6) is -0.963. The topological polar surface area (TPSA) is 86.8 Å². The Kier molecular flexibility index (Phi) is 10.9. The molecule has 0 bridgehead atoms. The van der Waals surface area contributed by atoms with Gasteiger partial charge in [-0.1, -0.05) is 77.3 Å². The van der Waals surface area contributed by atoms with Crippen molar-refractivity contribution in [2.24, 2.45) is 0 Å². The SMILES string of the molecule is Cc1ccc(N(CC(=O)N(Cc2ccc(Cl)cc2Cl)C(Cc2ccccc2)C(=O)NC(C)C)S(C)(=O)=O)cc1Cl. The summed E-state index contributed by atoms with van der Waals surface area (Å²) in [4.78, 5) is 29.0. The molecule has 3 aromatic rings. The van der Waals surface area contributed by atoms with Crippen LogP contribution in [0.1, 0.15) is 30.5 Å². The molecule has 214 valence electrons. The lowest BCUT2D eigenvalue weighted by Crippen LogP contribution is -2.54. The van der Waals surface area contributed by atoms with Crippen LogP contribution in [0, 0.1) is 6.92 Å². The molecular formula is C29H32Cl3N3O4S. The molecule has 3 aromatic carbocycles. The van der Waals surface area contributed by atoms with Crippen LogP contribution in [0.4, 0.5) is 5.69 Å². The number of nitrogens with zero attached hydrogens (tertiary/aromatic N) is 2. The number of nitrogens with one attached hydrogen (secondary N) is 1.